The second-order valence-electron chi connectivity index (χ2n) is 5.27. The largest absolute Gasteiger partial charge is 0.462 e. The summed E-state index contributed by atoms with van der Waals surface area (Å²) in [7, 11) is 0. The number of nitrogens with zero attached hydrogens (tertiary/aromatic N) is 1. The molecule has 0 atom stereocenters. The predicted octanol–water partition coefficient (Wildman–Crippen LogP) is 5.15. The molecule has 0 aliphatic rings. The van der Waals surface area contributed by atoms with Gasteiger partial charge in [-0.2, -0.15) is 0 Å². The molecule has 3 rings (SSSR count). The number of ether oxygens (including phenoxy) is 1. The molecule has 0 unspecified atom stereocenters. The standard InChI is InChI=1S/C18H15ClN2O3S2/c1-3-24-17(23)15-10(2)14-16(25-15)21-18(26-14)20-13(22)9-8-11-6-4-5-7-12(11)19/h4-9H,3H2,1-2H3,(H,20,21,22). The number of carbonyl (C=O) groups excluding carboxylic acids is 2. The van der Waals surface area contributed by atoms with Crippen molar-refractivity contribution in [3.05, 3.63) is 51.4 Å². The summed E-state index contributed by atoms with van der Waals surface area (Å²) in [6, 6.07) is 7.26. The van der Waals surface area contributed by atoms with Gasteiger partial charge in [-0.15, -0.1) is 11.3 Å². The molecule has 0 radical (unpaired) electrons. The van der Waals surface area contributed by atoms with E-state index in [9.17, 15) is 9.59 Å². The lowest BCUT2D eigenvalue weighted by Gasteiger charge is -1.99. The van der Waals surface area contributed by atoms with E-state index in [4.69, 9.17) is 16.3 Å². The Hall–Kier alpha value is -2.22. The third-order valence-corrected chi connectivity index (χ3v) is 6.22. The van der Waals surface area contributed by atoms with Gasteiger partial charge in [-0.25, -0.2) is 9.78 Å². The number of thiophene rings is 1. The summed E-state index contributed by atoms with van der Waals surface area (Å²) in [5.41, 5.74) is 1.59. The Morgan fingerprint density at radius 3 is 2.77 bits per heavy atom. The highest BCUT2D eigenvalue weighted by molar-refractivity contribution is 7.30. The number of esters is 1. The van der Waals surface area contributed by atoms with Gasteiger partial charge in [0, 0.05) is 11.1 Å². The molecule has 0 saturated heterocycles. The third kappa shape index (κ3) is 3.95. The molecule has 0 aliphatic heterocycles. The van der Waals surface area contributed by atoms with Crippen LogP contribution in [0, 0.1) is 6.92 Å². The number of aromatic nitrogens is 1. The van der Waals surface area contributed by atoms with Gasteiger partial charge < -0.3 is 4.74 Å². The zero-order valence-corrected chi connectivity index (χ0v) is 16.4. The Bertz CT molecular complexity index is 1010. The van der Waals surface area contributed by atoms with Crippen LogP contribution in [0.4, 0.5) is 5.13 Å². The summed E-state index contributed by atoms with van der Waals surface area (Å²) in [6.45, 7) is 3.95. The zero-order valence-electron chi connectivity index (χ0n) is 14.0. The first-order chi connectivity index (χ1) is 12.5. The van der Waals surface area contributed by atoms with Crippen LogP contribution in [-0.2, 0) is 9.53 Å². The number of rotatable bonds is 5. The highest BCUT2D eigenvalue weighted by atomic mass is 35.5. The number of amides is 1. The summed E-state index contributed by atoms with van der Waals surface area (Å²) in [5.74, 6) is -0.636. The summed E-state index contributed by atoms with van der Waals surface area (Å²) in [6.07, 6.45) is 3.06. The number of benzene rings is 1. The molecule has 1 N–H and O–H groups in total. The first-order valence-electron chi connectivity index (χ1n) is 7.80. The van der Waals surface area contributed by atoms with E-state index in [0.29, 0.717) is 26.5 Å². The number of carbonyl (C=O) groups is 2. The monoisotopic (exact) mass is 406 g/mol. The van der Waals surface area contributed by atoms with Crippen molar-refractivity contribution in [2.24, 2.45) is 0 Å². The molecule has 0 saturated carbocycles. The van der Waals surface area contributed by atoms with E-state index < -0.39 is 0 Å². The number of hydrogen-bond acceptors (Lipinski definition) is 6. The molecule has 1 amide bonds. The third-order valence-electron chi connectivity index (χ3n) is 3.49. The molecule has 0 fully saturated rings. The maximum atomic E-state index is 12.1. The molecule has 1 aromatic carbocycles. The minimum atomic E-state index is -0.339. The smallest absolute Gasteiger partial charge is 0.348 e. The molecule has 5 nitrogen and oxygen atoms in total. The van der Waals surface area contributed by atoms with Gasteiger partial charge in [0.05, 0.1) is 11.3 Å². The van der Waals surface area contributed by atoms with Gasteiger partial charge in [-0.3, -0.25) is 10.1 Å². The quantitative estimate of drug-likeness (QED) is 0.470. The SMILES string of the molecule is CCOC(=O)c1sc2nc(NC(=O)C=Cc3ccccc3Cl)sc2c1C. The Labute approximate surface area is 163 Å². The van der Waals surface area contributed by atoms with Crippen LogP contribution in [-0.4, -0.2) is 23.5 Å². The lowest BCUT2D eigenvalue weighted by molar-refractivity contribution is -0.111. The topological polar surface area (TPSA) is 68.3 Å². The van der Waals surface area contributed by atoms with Crippen LogP contribution in [0.15, 0.2) is 30.3 Å². The first kappa shape index (κ1) is 18.6. The van der Waals surface area contributed by atoms with E-state index >= 15 is 0 Å². The van der Waals surface area contributed by atoms with Gasteiger partial charge in [-0.1, -0.05) is 41.1 Å². The fourth-order valence-corrected chi connectivity index (χ4v) is 4.67. The van der Waals surface area contributed by atoms with Crippen molar-refractivity contribution in [2.75, 3.05) is 11.9 Å². The molecule has 0 bridgehead atoms. The minimum absolute atomic E-state index is 0.297. The number of nitrogens with one attached hydrogen (secondary N) is 1. The van der Waals surface area contributed by atoms with E-state index in [1.54, 1.807) is 19.1 Å². The maximum Gasteiger partial charge on any atom is 0.348 e. The number of aryl methyl sites for hydroxylation is 1. The van der Waals surface area contributed by atoms with Crippen LogP contribution in [0.2, 0.25) is 5.02 Å². The summed E-state index contributed by atoms with van der Waals surface area (Å²) in [4.78, 5) is 29.7. The molecule has 2 aromatic heterocycles. The fraction of sp³-hybridized carbons (Fsp3) is 0.167. The molecule has 8 heteroatoms. The second kappa shape index (κ2) is 7.99. The van der Waals surface area contributed by atoms with Crippen molar-refractivity contribution < 1.29 is 14.3 Å². The molecule has 134 valence electrons. The molecule has 0 aliphatic carbocycles. The van der Waals surface area contributed by atoms with Crippen LogP contribution < -0.4 is 5.32 Å². The lowest BCUT2D eigenvalue weighted by atomic mass is 10.2. The van der Waals surface area contributed by atoms with Crippen LogP contribution in [0.25, 0.3) is 15.6 Å². The van der Waals surface area contributed by atoms with Gasteiger partial charge in [0.2, 0.25) is 5.91 Å². The van der Waals surface area contributed by atoms with Gasteiger partial charge in [-0.05, 0) is 37.1 Å². The van der Waals surface area contributed by atoms with Crippen LogP contribution in [0.3, 0.4) is 0 Å². The van der Waals surface area contributed by atoms with Crippen LogP contribution >= 0.6 is 34.3 Å². The molecule has 0 spiro atoms. The van der Waals surface area contributed by atoms with E-state index in [1.165, 1.54) is 28.7 Å². The van der Waals surface area contributed by atoms with Crippen molar-refractivity contribution in [1.82, 2.24) is 4.98 Å². The fourth-order valence-electron chi connectivity index (χ4n) is 2.26. The molecular weight excluding hydrogens is 392 g/mol. The Morgan fingerprint density at radius 1 is 1.31 bits per heavy atom. The molecule has 2 heterocycles. The summed E-state index contributed by atoms with van der Waals surface area (Å²) < 4.78 is 5.92. The maximum absolute atomic E-state index is 12.1. The number of fused-ring (bicyclic) bond motifs is 1. The first-order valence-corrected chi connectivity index (χ1v) is 9.81. The molecule has 3 aromatic rings. The Kier molecular flexibility index (Phi) is 5.70. The summed E-state index contributed by atoms with van der Waals surface area (Å²) in [5, 5.41) is 3.80. The van der Waals surface area contributed by atoms with E-state index in [-0.39, 0.29) is 11.9 Å². The van der Waals surface area contributed by atoms with Crippen molar-refractivity contribution in [3.63, 3.8) is 0 Å². The number of halogens is 1. The Balaban J connectivity index is 1.74. The van der Waals surface area contributed by atoms with E-state index in [0.717, 1.165) is 15.8 Å². The molecular formula is C18H15ClN2O3S2. The average Bonchev–Trinajstić information content (AvgIpc) is 3.13. The predicted molar refractivity (Wildman–Crippen MR) is 107 cm³/mol. The number of anilines is 1. The second-order valence-corrected chi connectivity index (χ2v) is 7.68. The van der Waals surface area contributed by atoms with Crippen LogP contribution in [0.5, 0.6) is 0 Å². The van der Waals surface area contributed by atoms with Crippen molar-refractivity contribution in [1.29, 1.82) is 0 Å². The van der Waals surface area contributed by atoms with Crippen molar-refractivity contribution in [2.45, 2.75) is 13.8 Å². The van der Waals surface area contributed by atoms with Gasteiger partial charge in [0.25, 0.3) is 0 Å². The minimum Gasteiger partial charge on any atom is -0.462 e. The highest BCUT2D eigenvalue weighted by Crippen LogP contribution is 2.37. The number of thiazole rings is 1. The Morgan fingerprint density at radius 2 is 2.08 bits per heavy atom. The van der Waals surface area contributed by atoms with Gasteiger partial charge in [0.1, 0.15) is 9.71 Å². The number of hydrogen-bond donors (Lipinski definition) is 1. The zero-order chi connectivity index (χ0) is 18.7. The molecule has 26 heavy (non-hydrogen) atoms. The van der Waals surface area contributed by atoms with E-state index in [1.807, 2.05) is 25.1 Å². The van der Waals surface area contributed by atoms with Crippen molar-refractivity contribution in [3.8, 4) is 0 Å². The average molecular weight is 407 g/mol. The van der Waals surface area contributed by atoms with Gasteiger partial charge >= 0.3 is 5.97 Å². The normalized spacial score (nSPS) is 11.2. The van der Waals surface area contributed by atoms with E-state index in [2.05, 4.69) is 10.3 Å². The van der Waals surface area contributed by atoms with Crippen molar-refractivity contribution >= 4 is 66.9 Å². The lowest BCUT2D eigenvalue weighted by Crippen LogP contribution is -2.07. The highest BCUT2D eigenvalue weighted by Gasteiger charge is 2.20. The summed E-state index contributed by atoms with van der Waals surface area (Å²) >= 11 is 8.66. The van der Waals surface area contributed by atoms with Gasteiger partial charge in [0.15, 0.2) is 5.13 Å². The van der Waals surface area contributed by atoms with Crippen LogP contribution in [0.1, 0.15) is 27.7 Å².